The lowest BCUT2D eigenvalue weighted by Gasteiger charge is -2.25. The third-order valence-corrected chi connectivity index (χ3v) is 3.24. The zero-order chi connectivity index (χ0) is 12.8. The van der Waals surface area contributed by atoms with Crippen molar-refractivity contribution < 1.29 is 9.90 Å². The number of hydrogen-bond acceptors (Lipinski definition) is 3. The predicted octanol–water partition coefficient (Wildman–Crippen LogP) is 1.55. The Bertz CT molecular complexity index is 296. The number of likely N-dealkylation sites (tertiary alicyclic amines) is 1. The van der Waals surface area contributed by atoms with Gasteiger partial charge in [-0.25, -0.2) is 0 Å². The summed E-state index contributed by atoms with van der Waals surface area (Å²) < 4.78 is 0. The number of nitrogens with zero attached hydrogens (tertiary/aromatic N) is 2. The summed E-state index contributed by atoms with van der Waals surface area (Å²) in [7, 11) is 0. The van der Waals surface area contributed by atoms with Crippen LogP contribution in [0.1, 0.15) is 39.5 Å². The summed E-state index contributed by atoms with van der Waals surface area (Å²) in [6.07, 6.45) is 2.81. The monoisotopic (exact) mass is 238 g/mol. The number of unbranched alkanes of at least 4 members (excludes halogenated alkanes) is 1. The van der Waals surface area contributed by atoms with Crippen LogP contribution < -0.4 is 0 Å². The van der Waals surface area contributed by atoms with E-state index in [0.717, 1.165) is 25.8 Å². The van der Waals surface area contributed by atoms with E-state index >= 15 is 0 Å². The smallest absolute Gasteiger partial charge is 0.226 e. The third kappa shape index (κ3) is 3.71. The van der Waals surface area contributed by atoms with E-state index in [1.54, 1.807) is 0 Å². The molecule has 1 aliphatic rings. The van der Waals surface area contributed by atoms with Crippen molar-refractivity contribution in [3.05, 3.63) is 0 Å². The maximum absolute atomic E-state index is 12.1. The van der Waals surface area contributed by atoms with Crippen LogP contribution in [-0.4, -0.2) is 35.1 Å². The normalized spacial score (nSPS) is 24.4. The van der Waals surface area contributed by atoms with Crippen molar-refractivity contribution in [2.24, 2.45) is 11.8 Å². The molecule has 1 fully saturated rings. The van der Waals surface area contributed by atoms with Gasteiger partial charge in [0, 0.05) is 18.9 Å². The molecular weight excluding hydrogens is 216 g/mol. The summed E-state index contributed by atoms with van der Waals surface area (Å²) in [4.78, 5) is 14.0. The molecule has 0 aliphatic carbocycles. The zero-order valence-electron chi connectivity index (χ0n) is 10.7. The molecule has 2 atom stereocenters. The number of carbonyl (C=O) groups excluding carboxylic acids is 1. The molecule has 4 heteroatoms. The van der Waals surface area contributed by atoms with Gasteiger partial charge in [0.25, 0.3) is 0 Å². The van der Waals surface area contributed by atoms with Crippen molar-refractivity contribution in [1.29, 1.82) is 5.26 Å². The van der Waals surface area contributed by atoms with Crippen LogP contribution in [-0.2, 0) is 4.79 Å². The Balaban J connectivity index is 2.55. The fourth-order valence-corrected chi connectivity index (χ4v) is 2.45. The topological polar surface area (TPSA) is 64.3 Å². The zero-order valence-corrected chi connectivity index (χ0v) is 10.7. The van der Waals surface area contributed by atoms with Crippen molar-refractivity contribution in [1.82, 2.24) is 4.90 Å². The van der Waals surface area contributed by atoms with Crippen LogP contribution in [0.5, 0.6) is 0 Å². The molecule has 0 aromatic rings. The molecule has 1 amide bonds. The fourth-order valence-electron chi connectivity index (χ4n) is 2.45. The number of amides is 1. The number of nitriles is 1. The minimum Gasteiger partial charge on any atom is -0.394 e. The first-order chi connectivity index (χ1) is 8.10. The van der Waals surface area contributed by atoms with Crippen LogP contribution in [0.2, 0.25) is 0 Å². The quantitative estimate of drug-likeness (QED) is 0.714. The summed E-state index contributed by atoms with van der Waals surface area (Å²) in [6, 6.07) is 2.08. The number of carbonyl (C=O) groups is 1. The molecule has 1 saturated heterocycles. The number of hydrogen-bond donors (Lipinski definition) is 1. The fraction of sp³-hybridized carbons (Fsp3) is 0.846. The second-order valence-electron chi connectivity index (χ2n) is 5.20. The van der Waals surface area contributed by atoms with Gasteiger partial charge in [-0.2, -0.15) is 5.26 Å². The van der Waals surface area contributed by atoms with Crippen molar-refractivity contribution in [3.63, 3.8) is 0 Å². The molecule has 0 radical (unpaired) electrons. The molecule has 0 aromatic heterocycles. The molecule has 1 heterocycles. The second kappa shape index (κ2) is 6.61. The van der Waals surface area contributed by atoms with E-state index in [0.29, 0.717) is 12.3 Å². The van der Waals surface area contributed by atoms with E-state index in [9.17, 15) is 9.90 Å². The second-order valence-corrected chi connectivity index (χ2v) is 5.20. The SMILES string of the molecule is CC(C)CN1C(=O)[C@H](CCCC#N)C[C@H]1CO. The van der Waals surface area contributed by atoms with E-state index in [1.165, 1.54) is 0 Å². The minimum absolute atomic E-state index is 0.0132. The van der Waals surface area contributed by atoms with Gasteiger partial charge >= 0.3 is 0 Å². The van der Waals surface area contributed by atoms with E-state index in [1.807, 2.05) is 4.90 Å². The molecule has 0 aromatic carbocycles. The van der Waals surface area contributed by atoms with Crippen LogP contribution in [0.3, 0.4) is 0 Å². The number of aliphatic hydroxyl groups excluding tert-OH is 1. The third-order valence-electron chi connectivity index (χ3n) is 3.24. The highest BCUT2D eigenvalue weighted by molar-refractivity contribution is 5.81. The Hall–Kier alpha value is -1.08. The van der Waals surface area contributed by atoms with E-state index in [2.05, 4.69) is 19.9 Å². The van der Waals surface area contributed by atoms with Gasteiger partial charge in [0.1, 0.15) is 0 Å². The average molecular weight is 238 g/mol. The van der Waals surface area contributed by atoms with Gasteiger partial charge in [-0.1, -0.05) is 13.8 Å². The van der Waals surface area contributed by atoms with Gasteiger partial charge in [-0.15, -0.1) is 0 Å². The molecule has 0 saturated carbocycles. The standard InChI is InChI=1S/C13H22N2O2/c1-10(2)8-15-12(9-16)7-11(13(15)17)5-3-4-6-14/h10-12,16H,3-5,7-9H2,1-2H3/t11-,12+/m1/s1. The van der Waals surface area contributed by atoms with E-state index < -0.39 is 0 Å². The Kier molecular flexibility index (Phi) is 5.43. The van der Waals surface area contributed by atoms with Gasteiger partial charge in [0.05, 0.1) is 18.7 Å². The first-order valence-corrected chi connectivity index (χ1v) is 6.38. The van der Waals surface area contributed by atoms with Crippen molar-refractivity contribution in [3.8, 4) is 6.07 Å². The number of aliphatic hydroxyl groups is 1. The molecule has 0 spiro atoms. The summed E-state index contributed by atoms with van der Waals surface area (Å²) in [5.74, 6) is 0.598. The highest BCUT2D eigenvalue weighted by Crippen LogP contribution is 2.29. The van der Waals surface area contributed by atoms with Crippen LogP contribution >= 0.6 is 0 Å². The summed E-state index contributed by atoms with van der Waals surface area (Å²) in [5, 5.41) is 17.8. The Morgan fingerprint density at radius 2 is 2.29 bits per heavy atom. The Morgan fingerprint density at radius 3 is 2.82 bits per heavy atom. The summed E-state index contributed by atoms with van der Waals surface area (Å²) in [6.45, 7) is 4.92. The number of rotatable bonds is 6. The maximum Gasteiger partial charge on any atom is 0.226 e. The molecular formula is C13H22N2O2. The Morgan fingerprint density at radius 1 is 1.59 bits per heavy atom. The highest BCUT2D eigenvalue weighted by atomic mass is 16.3. The Labute approximate surface area is 103 Å². The average Bonchev–Trinajstić information content (AvgIpc) is 2.57. The molecule has 17 heavy (non-hydrogen) atoms. The first-order valence-electron chi connectivity index (χ1n) is 6.38. The van der Waals surface area contributed by atoms with Crippen LogP contribution in [0.25, 0.3) is 0 Å². The van der Waals surface area contributed by atoms with Crippen LogP contribution in [0, 0.1) is 23.2 Å². The van der Waals surface area contributed by atoms with E-state index in [4.69, 9.17) is 5.26 Å². The van der Waals surface area contributed by atoms with Crippen molar-refractivity contribution >= 4 is 5.91 Å². The van der Waals surface area contributed by atoms with Crippen molar-refractivity contribution in [2.75, 3.05) is 13.2 Å². The van der Waals surface area contributed by atoms with Gasteiger partial charge < -0.3 is 10.0 Å². The van der Waals surface area contributed by atoms with Gasteiger partial charge in [-0.3, -0.25) is 4.79 Å². The lowest BCUT2D eigenvalue weighted by molar-refractivity contribution is -0.133. The minimum atomic E-state index is -0.0167. The molecule has 1 rings (SSSR count). The highest BCUT2D eigenvalue weighted by Gasteiger charge is 2.38. The molecule has 1 N–H and O–H groups in total. The largest absolute Gasteiger partial charge is 0.394 e. The molecule has 1 aliphatic heterocycles. The lowest BCUT2D eigenvalue weighted by Crippen LogP contribution is -2.38. The van der Waals surface area contributed by atoms with Crippen LogP contribution in [0.15, 0.2) is 0 Å². The maximum atomic E-state index is 12.1. The van der Waals surface area contributed by atoms with Gasteiger partial charge in [-0.05, 0) is 25.2 Å². The van der Waals surface area contributed by atoms with Crippen LogP contribution in [0.4, 0.5) is 0 Å². The molecule has 0 bridgehead atoms. The summed E-state index contributed by atoms with van der Waals surface area (Å²) >= 11 is 0. The van der Waals surface area contributed by atoms with E-state index in [-0.39, 0.29) is 24.5 Å². The van der Waals surface area contributed by atoms with Crippen molar-refractivity contribution in [2.45, 2.75) is 45.6 Å². The predicted molar refractivity (Wildman–Crippen MR) is 65.0 cm³/mol. The lowest BCUT2D eigenvalue weighted by atomic mass is 9.99. The molecule has 4 nitrogen and oxygen atoms in total. The molecule has 0 unspecified atom stereocenters. The van der Waals surface area contributed by atoms with Gasteiger partial charge in [0.15, 0.2) is 0 Å². The summed E-state index contributed by atoms with van der Waals surface area (Å²) in [5.41, 5.74) is 0. The first kappa shape index (κ1) is 14.0. The molecule has 96 valence electrons. The van der Waals surface area contributed by atoms with Gasteiger partial charge in [0.2, 0.25) is 5.91 Å².